The number of aryl methyl sites for hydroxylation is 3. The second-order valence-corrected chi connectivity index (χ2v) is 4.97. The Hall–Kier alpha value is -2.17. The van der Waals surface area contributed by atoms with Crippen LogP contribution in [0, 0.1) is 13.8 Å². The minimum atomic E-state index is 0.637. The van der Waals surface area contributed by atoms with E-state index in [9.17, 15) is 0 Å². The van der Waals surface area contributed by atoms with Crippen LogP contribution in [0.2, 0.25) is 0 Å². The Morgan fingerprint density at radius 1 is 1.21 bits per heavy atom. The molecule has 1 heterocycles. The molecule has 0 saturated heterocycles. The predicted octanol–water partition coefficient (Wildman–Crippen LogP) is 2.40. The van der Waals surface area contributed by atoms with Crippen LogP contribution in [0.5, 0.6) is 0 Å². The van der Waals surface area contributed by atoms with E-state index in [-0.39, 0.29) is 0 Å². The Labute approximate surface area is 111 Å². The number of rotatable bonds is 1. The lowest BCUT2D eigenvalue weighted by atomic mass is 9.99. The van der Waals surface area contributed by atoms with E-state index in [0.717, 1.165) is 41.9 Å². The molecule has 5 nitrogen and oxygen atoms in total. The minimum Gasteiger partial charge on any atom is -0.411 e. The van der Waals surface area contributed by atoms with Gasteiger partial charge in [0.15, 0.2) is 0 Å². The van der Waals surface area contributed by atoms with E-state index in [1.165, 1.54) is 5.56 Å². The van der Waals surface area contributed by atoms with E-state index < -0.39 is 0 Å². The summed E-state index contributed by atoms with van der Waals surface area (Å²) in [5.74, 6) is 0. The zero-order chi connectivity index (χ0) is 13.4. The molecule has 5 heteroatoms. The maximum atomic E-state index is 9.03. The monoisotopic (exact) mass is 256 g/mol. The Balaban J connectivity index is 2.12. The lowest BCUT2D eigenvalue weighted by Crippen LogP contribution is -2.11. The predicted molar refractivity (Wildman–Crippen MR) is 72.1 cm³/mol. The Kier molecular flexibility index (Phi) is 2.81. The highest BCUT2D eigenvalue weighted by molar-refractivity contribution is 6.00. The van der Waals surface area contributed by atoms with Gasteiger partial charge in [-0.2, -0.15) is 9.90 Å². The van der Waals surface area contributed by atoms with Crippen molar-refractivity contribution in [1.29, 1.82) is 0 Å². The molecule has 19 heavy (non-hydrogen) atoms. The number of oxime groups is 1. The summed E-state index contributed by atoms with van der Waals surface area (Å²) >= 11 is 0. The minimum absolute atomic E-state index is 0.637. The normalized spacial score (nSPS) is 16.6. The smallest absolute Gasteiger partial charge is 0.134 e. The summed E-state index contributed by atoms with van der Waals surface area (Å²) in [6.45, 7) is 4.09. The molecule has 0 radical (unpaired) electrons. The highest BCUT2D eigenvalue weighted by Crippen LogP contribution is 2.21. The fraction of sp³-hybridized carbons (Fsp3) is 0.357. The van der Waals surface area contributed by atoms with E-state index >= 15 is 0 Å². The summed E-state index contributed by atoms with van der Waals surface area (Å²) < 4.78 is 0. The topological polar surface area (TPSA) is 63.3 Å². The van der Waals surface area contributed by atoms with Gasteiger partial charge in [-0.15, -0.1) is 5.10 Å². The van der Waals surface area contributed by atoms with Crippen molar-refractivity contribution in [2.45, 2.75) is 33.1 Å². The van der Waals surface area contributed by atoms with Gasteiger partial charge in [-0.1, -0.05) is 17.3 Å². The number of benzene rings is 1. The van der Waals surface area contributed by atoms with E-state index in [4.69, 9.17) is 5.21 Å². The van der Waals surface area contributed by atoms with E-state index in [2.05, 4.69) is 33.6 Å². The van der Waals surface area contributed by atoms with Crippen molar-refractivity contribution in [1.82, 2.24) is 15.0 Å². The first-order valence-corrected chi connectivity index (χ1v) is 6.44. The number of hydrogen-bond acceptors (Lipinski definition) is 4. The van der Waals surface area contributed by atoms with Gasteiger partial charge in [0.1, 0.15) is 11.4 Å². The van der Waals surface area contributed by atoms with Gasteiger partial charge in [0, 0.05) is 0 Å². The average Bonchev–Trinajstić information content (AvgIpc) is 2.85. The molecule has 0 unspecified atom stereocenters. The fourth-order valence-corrected chi connectivity index (χ4v) is 2.41. The standard InChI is InChI=1S/C14H16N4O/c1-9-6-7-10(2)13(8-9)18-15-11-4-3-5-12(17-19)14(11)16-18/h6-8,19H,3-5H2,1-2H3/b17-12+. The first kappa shape index (κ1) is 11.9. The number of fused-ring (bicyclic) bond motifs is 1. The molecule has 0 atom stereocenters. The van der Waals surface area contributed by atoms with Crippen molar-refractivity contribution >= 4 is 5.71 Å². The lowest BCUT2D eigenvalue weighted by Gasteiger charge is -2.07. The van der Waals surface area contributed by atoms with Crippen LogP contribution in [-0.4, -0.2) is 25.9 Å². The van der Waals surface area contributed by atoms with Gasteiger partial charge in [0.25, 0.3) is 0 Å². The third-order valence-corrected chi connectivity index (χ3v) is 3.48. The molecule has 0 spiro atoms. The number of hydrogen-bond donors (Lipinski definition) is 1. The van der Waals surface area contributed by atoms with Crippen molar-refractivity contribution in [2.75, 3.05) is 0 Å². The molecule has 1 aliphatic carbocycles. The van der Waals surface area contributed by atoms with Gasteiger partial charge >= 0.3 is 0 Å². The Morgan fingerprint density at radius 3 is 2.84 bits per heavy atom. The lowest BCUT2D eigenvalue weighted by molar-refractivity contribution is 0.317. The molecule has 1 N–H and O–H groups in total. The third-order valence-electron chi connectivity index (χ3n) is 3.48. The van der Waals surface area contributed by atoms with Crippen molar-refractivity contribution in [2.24, 2.45) is 5.16 Å². The maximum Gasteiger partial charge on any atom is 0.134 e. The summed E-state index contributed by atoms with van der Waals surface area (Å²) in [4.78, 5) is 1.66. The second-order valence-electron chi connectivity index (χ2n) is 4.97. The van der Waals surface area contributed by atoms with Crippen molar-refractivity contribution in [3.8, 4) is 5.69 Å². The number of nitrogens with zero attached hydrogens (tertiary/aromatic N) is 4. The summed E-state index contributed by atoms with van der Waals surface area (Å²) in [5.41, 5.74) is 5.56. The van der Waals surface area contributed by atoms with E-state index in [1.807, 2.05) is 13.8 Å². The maximum absolute atomic E-state index is 9.03. The summed E-state index contributed by atoms with van der Waals surface area (Å²) in [5, 5.41) is 21.4. The van der Waals surface area contributed by atoms with E-state index in [1.54, 1.807) is 4.80 Å². The molecule has 1 aliphatic rings. The molecular weight excluding hydrogens is 240 g/mol. The molecular formula is C14H16N4O. The zero-order valence-electron chi connectivity index (χ0n) is 11.1. The van der Waals surface area contributed by atoms with Gasteiger partial charge in [0.05, 0.1) is 11.4 Å². The van der Waals surface area contributed by atoms with Crippen LogP contribution in [0.4, 0.5) is 0 Å². The van der Waals surface area contributed by atoms with Crippen LogP contribution in [0.15, 0.2) is 23.4 Å². The van der Waals surface area contributed by atoms with Crippen LogP contribution in [0.25, 0.3) is 5.69 Å². The largest absolute Gasteiger partial charge is 0.411 e. The molecule has 1 aromatic heterocycles. The van der Waals surface area contributed by atoms with Gasteiger partial charge in [-0.25, -0.2) is 0 Å². The first-order valence-electron chi connectivity index (χ1n) is 6.44. The molecule has 2 aromatic rings. The molecule has 0 saturated carbocycles. The second kappa shape index (κ2) is 4.50. The molecule has 0 amide bonds. The molecule has 0 fully saturated rings. The molecule has 0 aliphatic heterocycles. The molecule has 0 bridgehead atoms. The van der Waals surface area contributed by atoms with Crippen LogP contribution >= 0.6 is 0 Å². The van der Waals surface area contributed by atoms with Crippen LogP contribution in [-0.2, 0) is 6.42 Å². The Morgan fingerprint density at radius 2 is 2.05 bits per heavy atom. The van der Waals surface area contributed by atoms with Crippen molar-refractivity contribution in [3.63, 3.8) is 0 Å². The number of aromatic nitrogens is 3. The highest BCUT2D eigenvalue weighted by atomic mass is 16.4. The van der Waals surface area contributed by atoms with Gasteiger partial charge in [-0.3, -0.25) is 0 Å². The van der Waals surface area contributed by atoms with Crippen LogP contribution in [0.1, 0.15) is 35.4 Å². The summed E-state index contributed by atoms with van der Waals surface area (Å²) in [6, 6.07) is 6.20. The van der Waals surface area contributed by atoms with Crippen molar-refractivity contribution < 1.29 is 5.21 Å². The average molecular weight is 256 g/mol. The van der Waals surface area contributed by atoms with Gasteiger partial charge in [-0.05, 0) is 50.3 Å². The zero-order valence-corrected chi connectivity index (χ0v) is 11.1. The van der Waals surface area contributed by atoms with Crippen LogP contribution < -0.4 is 0 Å². The Bertz CT molecular complexity index is 657. The molecule has 3 rings (SSSR count). The quantitative estimate of drug-likeness (QED) is 0.629. The molecule has 1 aromatic carbocycles. The summed E-state index contributed by atoms with van der Waals surface area (Å²) in [7, 11) is 0. The highest BCUT2D eigenvalue weighted by Gasteiger charge is 2.22. The van der Waals surface area contributed by atoms with Crippen molar-refractivity contribution in [3.05, 3.63) is 40.7 Å². The van der Waals surface area contributed by atoms with Crippen LogP contribution in [0.3, 0.4) is 0 Å². The van der Waals surface area contributed by atoms with Gasteiger partial charge in [0.2, 0.25) is 0 Å². The fourth-order valence-electron chi connectivity index (χ4n) is 2.41. The third kappa shape index (κ3) is 2.01. The SMILES string of the molecule is Cc1ccc(C)c(-n2nc3c(n2)/C(=N/O)CCC3)c1. The van der Waals surface area contributed by atoms with Gasteiger partial charge < -0.3 is 5.21 Å². The molecule has 98 valence electrons. The summed E-state index contributed by atoms with van der Waals surface area (Å²) in [6.07, 6.45) is 2.60. The first-order chi connectivity index (χ1) is 9.19. The van der Waals surface area contributed by atoms with E-state index in [0.29, 0.717) is 5.71 Å².